The van der Waals surface area contributed by atoms with Crippen LogP contribution >= 0.6 is 0 Å². The van der Waals surface area contributed by atoms with E-state index in [4.69, 9.17) is 4.74 Å². The maximum Gasteiger partial charge on any atom is 0.410 e. The van der Waals surface area contributed by atoms with Crippen molar-refractivity contribution in [2.45, 2.75) is 71.1 Å². The molecule has 1 amide bonds. The van der Waals surface area contributed by atoms with Gasteiger partial charge in [0.1, 0.15) is 5.60 Å². The second-order valence-electron chi connectivity index (χ2n) is 8.42. The van der Waals surface area contributed by atoms with Crippen LogP contribution in [0.2, 0.25) is 0 Å². The van der Waals surface area contributed by atoms with Gasteiger partial charge in [-0.15, -0.1) is 0 Å². The van der Waals surface area contributed by atoms with Gasteiger partial charge in [0, 0.05) is 25.2 Å². The molecule has 0 radical (unpaired) electrons. The van der Waals surface area contributed by atoms with Gasteiger partial charge in [-0.2, -0.15) is 0 Å². The van der Waals surface area contributed by atoms with Gasteiger partial charge in [0.2, 0.25) is 0 Å². The highest BCUT2D eigenvalue weighted by Crippen LogP contribution is 2.21. The first kappa shape index (κ1) is 18.5. The molecular formula is C18H35N3O2. The Hall–Kier alpha value is -0.810. The number of likely N-dealkylation sites (tertiary alicyclic amines) is 2. The van der Waals surface area contributed by atoms with Crippen molar-refractivity contribution in [2.75, 3.05) is 33.2 Å². The third kappa shape index (κ3) is 5.96. The number of amides is 1. The zero-order valence-electron chi connectivity index (χ0n) is 15.6. The summed E-state index contributed by atoms with van der Waals surface area (Å²) in [6, 6.07) is 0.765. The van der Waals surface area contributed by atoms with E-state index in [1.54, 1.807) is 0 Å². The van der Waals surface area contributed by atoms with Gasteiger partial charge in [-0.3, -0.25) is 0 Å². The molecule has 5 nitrogen and oxygen atoms in total. The summed E-state index contributed by atoms with van der Waals surface area (Å²) in [7, 11) is 2.22. The molecule has 2 saturated heterocycles. The highest BCUT2D eigenvalue weighted by Gasteiger charge is 2.32. The Balaban J connectivity index is 1.74. The summed E-state index contributed by atoms with van der Waals surface area (Å²) < 4.78 is 5.51. The predicted octanol–water partition coefficient (Wildman–Crippen LogP) is 2.71. The fraction of sp³-hybridized carbons (Fsp3) is 0.944. The summed E-state index contributed by atoms with van der Waals surface area (Å²) >= 11 is 0. The molecule has 0 spiro atoms. The molecule has 2 rings (SSSR count). The van der Waals surface area contributed by atoms with Gasteiger partial charge in [-0.05, 0) is 79.4 Å². The number of hydrogen-bond donors (Lipinski definition) is 1. The first-order valence-electron chi connectivity index (χ1n) is 9.16. The first-order valence-corrected chi connectivity index (χ1v) is 9.16. The number of piperidine rings is 2. The molecule has 2 heterocycles. The monoisotopic (exact) mass is 325 g/mol. The normalized spacial score (nSPS) is 30.3. The molecule has 0 aromatic heterocycles. The van der Waals surface area contributed by atoms with Crippen molar-refractivity contribution < 1.29 is 9.53 Å². The van der Waals surface area contributed by atoms with Gasteiger partial charge in [0.15, 0.2) is 0 Å². The number of rotatable bonds is 3. The van der Waals surface area contributed by atoms with Gasteiger partial charge >= 0.3 is 6.09 Å². The highest BCUT2D eigenvalue weighted by atomic mass is 16.6. The van der Waals surface area contributed by atoms with Crippen molar-refractivity contribution in [3.63, 3.8) is 0 Å². The van der Waals surface area contributed by atoms with Crippen molar-refractivity contribution in [2.24, 2.45) is 5.92 Å². The Labute approximate surface area is 141 Å². The van der Waals surface area contributed by atoms with Crippen LogP contribution in [-0.4, -0.2) is 66.8 Å². The smallest absolute Gasteiger partial charge is 0.410 e. The quantitative estimate of drug-likeness (QED) is 0.866. The zero-order chi connectivity index (χ0) is 17.0. The van der Waals surface area contributed by atoms with Gasteiger partial charge in [0.05, 0.1) is 0 Å². The molecule has 0 bridgehead atoms. The van der Waals surface area contributed by atoms with Crippen LogP contribution in [0.15, 0.2) is 0 Å². The minimum atomic E-state index is -0.418. The third-order valence-corrected chi connectivity index (χ3v) is 4.92. The van der Waals surface area contributed by atoms with E-state index >= 15 is 0 Å². The van der Waals surface area contributed by atoms with Crippen molar-refractivity contribution >= 4 is 6.09 Å². The van der Waals surface area contributed by atoms with E-state index in [0.717, 1.165) is 31.8 Å². The molecule has 3 atom stereocenters. The molecule has 23 heavy (non-hydrogen) atoms. The molecule has 134 valence electrons. The van der Waals surface area contributed by atoms with Crippen LogP contribution in [0.4, 0.5) is 4.79 Å². The minimum Gasteiger partial charge on any atom is -0.444 e. The van der Waals surface area contributed by atoms with Gasteiger partial charge in [-0.1, -0.05) is 0 Å². The number of nitrogens with zero attached hydrogens (tertiary/aromatic N) is 2. The van der Waals surface area contributed by atoms with E-state index in [9.17, 15) is 4.79 Å². The lowest BCUT2D eigenvalue weighted by atomic mass is 9.95. The Morgan fingerprint density at radius 1 is 1.26 bits per heavy atom. The van der Waals surface area contributed by atoms with Crippen molar-refractivity contribution in [1.29, 1.82) is 0 Å². The largest absolute Gasteiger partial charge is 0.444 e. The maximum absolute atomic E-state index is 12.2. The molecule has 2 fully saturated rings. The summed E-state index contributed by atoms with van der Waals surface area (Å²) in [6.07, 6.45) is 4.52. The van der Waals surface area contributed by atoms with Crippen LogP contribution in [0.1, 0.15) is 53.4 Å². The van der Waals surface area contributed by atoms with E-state index in [-0.39, 0.29) is 12.1 Å². The average molecular weight is 325 g/mol. The van der Waals surface area contributed by atoms with E-state index in [0.29, 0.717) is 6.04 Å². The van der Waals surface area contributed by atoms with Gasteiger partial charge in [0.25, 0.3) is 0 Å². The van der Waals surface area contributed by atoms with E-state index in [1.807, 2.05) is 25.7 Å². The molecule has 2 aliphatic rings. The first-order chi connectivity index (χ1) is 10.7. The van der Waals surface area contributed by atoms with Crippen LogP contribution in [0.5, 0.6) is 0 Å². The lowest BCUT2D eigenvalue weighted by Crippen LogP contribution is -2.52. The summed E-state index contributed by atoms with van der Waals surface area (Å²) in [5, 5.41) is 3.74. The van der Waals surface area contributed by atoms with E-state index in [1.165, 1.54) is 25.9 Å². The number of carbonyl (C=O) groups excluding carboxylic acids is 1. The Bertz CT molecular complexity index is 394. The van der Waals surface area contributed by atoms with Crippen molar-refractivity contribution in [3.8, 4) is 0 Å². The summed E-state index contributed by atoms with van der Waals surface area (Å²) in [4.78, 5) is 16.6. The molecule has 0 saturated carbocycles. The number of hydrogen-bond acceptors (Lipinski definition) is 4. The topological polar surface area (TPSA) is 44.8 Å². The van der Waals surface area contributed by atoms with Crippen LogP contribution in [0, 0.1) is 5.92 Å². The van der Waals surface area contributed by atoms with Crippen LogP contribution in [0.3, 0.4) is 0 Å². The average Bonchev–Trinajstić information content (AvgIpc) is 2.43. The van der Waals surface area contributed by atoms with Crippen LogP contribution in [-0.2, 0) is 4.74 Å². The Morgan fingerprint density at radius 3 is 2.61 bits per heavy atom. The summed E-state index contributed by atoms with van der Waals surface area (Å²) in [5.74, 6) is 0.771. The molecule has 5 heteroatoms. The Morgan fingerprint density at radius 2 is 2.00 bits per heavy atom. The fourth-order valence-corrected chi connectivity index (χ4v) is 3.72. The zero-order valence-corrected chi connectivity index (χ0v) is 15.6. The van der Waals surface area contributed by atoms with Gasteiger partial charge in [-0.25, -0.2) is 4.79 Å². The minimum absolute atomic E-state index is 0.169. The highest BCUT2D eigenvalue weighted by molar-refractivity contribution is 5.68. The molecule has 0 aliphatic carbocycles. The molecule has 0 aromatic carbocycles. The van der Waals surface area contributed by atoms with Gasteiger partial charge < -0.3 is 19.9 Å². The van der Waals surface area contributed by atoms with Crippen LogP contribution in [0.25, 0.3) is 0 Å². The maximum atomic E-state index is 12.2. The van der Waals surface area contributed by atoms with E-state index < -0.39 is 5.60 Å². The number of ether oxygens (including phenoxy) is 1. The molecule has 0 aromatic rings. The standard InChI is InChI=1S/C18H35N3O2/c1-14-11-16(19-12-15-7-6-9-20(5)13-15)8-10-21(14)17(22)23-18(2,3)4/h14-16,19H,6-13H2,1-5H3. The Kier molecular flexibility index (Phi) is 6.32. The predicted molar refractivity (Wildman–Crippen MR) is 93.6 cm³/mol. The number of nitrogens with one attached hydrogen (secondary N) is 1. The lowest BCUT2D eigenvalue weighted by molar-refractivity contribution is 0.00914. The molecule has 2 aliphatic heterocycles. The second kappa shape index (κ2) is 7.84. The summed E-state index contributed by atoms with van der Waals surface area (Å²) in [5.41, 5.74) is -0.418. The SMILES string of the molecule is CC1CC(NCC2CCCN(C)C2)CCN1C(=O)OC(C)(C)C. The second-order valence-corrected chi connectivity index (χ2v) is 8.42. The fourth-order valence-electron chi connectivity index (χ4n) is 3.72. The lowest BCUT2D eigenvalue weighted by Gasteiger charge is -2.39. The summed E-state index contributed by atoms with van der Waals surface area (Å²) in [6.45, 7) is 12.2. The molecular weight excluding hydrogens is 290 g/mol. The molecule has 1 N–H and O–H groups in total. The van der Waals surface area contributed by atoms with Crippen molar-refractivity contribution in [3.05, 3.63) is 0 Å². The number of carbonyl (C=O) groups is 1. The van der Waals surface area contributed by atoms with Crippen molar-refractivity contribution in [1.82, 2.24) is 15.1 Å². The third-order valence-electron chi connectivity index (χ3n) is 4.92. The molecule has 3 unspecified atom stereocenters. The van der Waals surface area contributed by atoms with E-state index in [2.05, 4.69) is 24.2 Å². The van der Waals surface area contributed by atoms with Crippen LogP contribution < -0.4 is 5.32 Å².